The van der Waals surface area contributed by atoms with Crippen LogP contribution >= 0.6 is 11.6 Å². The molecular formula is C24H33ClO3Si. The molecule has 0 aromatic heterocycles. The molecule has 0 radical (unpaired) electrons. The first-order valence-electron chi connectivity index (χ1n) is 10.1. The first kappa shape index (κ1) is 23.8. The van der Waals surface area contributed by atoms with Crippen molar-refractivity contribution in [2.75, 3.05) is 0 Å². The van der Waals surface area contributed by atoms with Gasteiger partial charge in [-0.1, -0.05) is 81.4 Å². The van der Waals surface area contributed by atoms with Crippen molar-refractivity contribution in [1.29, 1.82) is 0 Å². The standard InChI is InChI=1S/C24H33ClO3Si/c1-18(25)21(26)23(27-17-19-13-9-7-10-14-19)22(20-15-11-8-12-16-20)28-29(5,6)24(2,3)4/h7-16,18,22-23H,17H2,1-6H3/t18?,22-,23-/m1/s1. The quantitative estimate of drug-likeness (QED) is 0.333. The Kier molecular flexibility index (Phi) is 8.24. The van der Waals surface area contributed by atoms with Crippen molar-refractivity contribution < 1.29 is 14.0 Å². The number of benzene rings is 2. The largest absolute Gasteiger partial charge is 0.407 e. The lowest BCUT2D eigenvalue weighted by molar-refractivity contribution is -0.138. The third-order valence-corrected chi connectivity index (χ3v) is 10.2. The first-order chi connectivity index (χ1) is 13.5. The Morgan fingerprint density at radius 3 is 2.00 bits per heavy atom. The second-order valence-corrected chi connectivity index (χ2v) is 14.4. The molecule has 158 valence electrons. The van der Waals surface area contributed by atoms with Gasteiger partial charge in [0.1, 0.15) is 12.2 Å². The van der Waals surface area contributed by atoms with E-state index in [1.54, 1.807) is 6.92 Å². The van der Waals surface area contributed by atoms with E-state index in [0.29, 0.717) is 6.61 Å². The third kappa shape index (κ3) is 6.51. The second-order valence-electron chi connectivity index (χ2n) is 8.95. The molecule has 0 saturated heterocycles. The van der Waals surface area contributed by atoms with Gasteiger partial charge in [-0.3, -0.25) is 4.79 Å². The molecule has 0 spiro atoms. The SMILES string of the molecule is CC(Cl)C(=O)[C@@H](OCc1ccccc1)[C@H](O[Si](C)(C)C(C)(C)C)c1ccccc1. The summed E-state index contributed by atoms with van der Waals surface area (Å²) in [5.74, 6) is -0.157. The summed E-state index contributed by atoms with van der Waals surface area (Å²) < 4.78 is 12.9. The predicted octanol–water partition coefficient (Wildman–Crippen LogP) is 6.53. The lowest BCUT2D eigenvalue weighted by Gasteiger charge is -2.41. The number of ketones is 1. The van der Waals surface area contributed by atoms with Crippen molar-refractivity contribution in [3.05, 3.63) is 71.8 Å². The highest BCUT2D eigenvalue weighted by atomic mass is 35.5. The lowest BCUT2D eigenvalue weighted by Crippen LogP contribution is -2.46. The zero-order valence-electron chi connectivity index (χ0n) is 18.3. The molecule has 0 saturated carbocycles. The Morgan fingerprint density at radius 2 is 1.52 bits per heavy atom. The van der Waals surface area contributed by atoms with E-state index in [9.17, 15) is 4.79 Å². The fourth-order valence-corrected chi connectivity index (χ4v) is 4.12. The van der Waals surface area contributed by atoms with Crippen LogP contribution in [0.2, 0.25) is 18.1 Å². The van der Waals surface area contributed by atoms with Gasteiger partial charge in [-0.05, 0) is 36.2 Å². The summed E-state index contributed by atoms with van der Waals surface area (Å²) in [5.41, 5.74) is 1.94. The summed E-state index contributed by atoms with van der Waals surface area (Å²) in [4.78, 5) is 13.1. The Morgan fingerprint density at radius 1 is 1.00 bits per heavy atom. The zero-order chi connectivity index (χ0) is 21.7. The van der Waals surface area contributed by atoms with Crippen LogP contribution in [0.5, 0.6) is 0 Å². The third-order valence-electron chi connectivity index (χ3n) is 5.58. The van der Waals surface area contributed by atoms with Gasteiger partial charge in [-0.25, -0.2) is 0 Å². The van der Waals surface area contributed by atoms with Crippen molar-refractivity contribution in [3.63, 3.8) is 0 Å². The number of rotatable bonds is 9. The van der Waals surface area contributed by atoms with E-state index in [2.05, 4.69) is 33.9 Å². The number of ether oxygens (including phenoxy) is 1. The monoisotopic (exact) mass is 432 g/mol. The minimum Gasteiger partial charge on any atom is -0.407 e. The minimum absolute atomic E-state index is 0.000358. The summed E-state index contributed by atoms with van der Waals surface area (Å²) in [6, 6.07) is 19.7. The summed E-state index contributed by atoms with van der Waals surface area (Å²) in [6.45, 7) is 13.0. The van der Waals surface area contributed by atoms with Gasteiger partial charge in [-0.15, -0.1) is 11.6 Å². The molecule has 1 unspecified atom stereocenters. The molecule has 0 fully saturated rings. The molecule has 0 heterocycles. The van der Waals surface area contributed by atoms with Gasteiger partial charge >= 0.3 is 0 Å². The number of hydrogen-bond acceptors (Lipinski definition) is 3. The predicted molar refractivity (Wildman–Crippen MR) is 123 cm³/mol. The van der Waals surface area contributed by atoms with Crippen LogP contribution in [0.4, 0.5) is 0 Å². The maximum absolute atomic E-state index is 13.1. The van der Waals surface area contributed by atoms with Crippen molar-refractivity contribution in [1.82, 2.24) is 0 Å². The highest BCUT2D eigenvalue weighted by Gasteiger charge is 2.43. The molecule has 0 aliphatic carbocycles. The highest BCUT2D eigenvalue weighted by molar-refractivity contribution is 6.74. The fraction of sp³-hybridized carbons (Fsp3) is 0.458. The number of hydrogen-bond donors (Lipinski definition) is 0. The van der Waals surface area contributed by atoms with Crippen LogP contribution in [-0.4, -0.2) is 25.6 Å². The number of carbonyl (C=O) groups excluding carboxylic acids is 1. The molecule has 0 aliphatic heterocycles. The molecule has 3 atom stereocenters. The first-order valence-corrected chi connectivity index (χ1v) is 13.4. The molecule has 0 N–H and O–H groups in total. The van der Waals surface area contributed by atoms with Gasteiger partial charge in [0.05, 0.1) is 12.0 Å². The molecule has 0 amide bonds. The molecule has 2 rings (SSSR count). The maximum Gasteiger partial charge on any atom is 0.193 e. The van der Waals surface area contributed by atoms with E-state index in [0.717, 1.165) is 11.1 Å². The van der Waals surface area contributed by atoms with Crippen molar-refractivity contribution >= 4 is 25.7 Å². The Bertz CT molecular complexity index is 770. The number of alkyl halides is 1. The molecule has 2 aromatic carbocycles. The Balaban J connectivity index is 2.41. The van der Waals surface area contributed by atoms with E-state index in [-0.39, 0.29) is 10.8 Å². The minimum atomic E-state index is -2.18. The van der Waals surface area contributed by atoms with E-state index < -0.39 is 25.9 Å². The number of halogens is 1. The topological polar surface area (TPSA) is 35.5 Å². The van der Waals surface area contributed by atoms with Gasteiger partial charge in [-0.2, -0.15) is 0 Å². The molecule has 2 aromatic rings. The van der Waals surface area contributed by atoms with Crippen LogP contribution in [0.15, 0.2) is 60.7 Å². The van der Waals surface area contributed by atoms with Gasteiger partial charge in [0.2, 0.25) is 0 Å². The summed E-state index contributed by atoms with van der Waals surface area (Å²) >= 11 is 6.22. The van der Waals surface area contributed by atoms with E-state index >= 15 is 0 Å². The van der Waals surface area contributed by atoms with Crippen LogP contribution in [0.1, 0.15) is 44.9 Å². The van der Waals surface area contributed by atoms with Crippen LogP contribution < -0.4 is 0 Å². The van der Waals surface area contributed by atoms with Crippen molar-refractivity contribution in [2.24, 2.45) is 0 Å². The van der Waals surface area contributed by atoms with Crippen LogP contribution in [0.25, 0.3) is 0 Å². The van der Waals surface area contributed by atoms with E-state index in [1.807, 2.05) is 60.7 Å². The molecular weight excluding hydrogens is 400 g/mol. The molecule has 5 heteroatoms. The van der Waals surface area contributed by atoms with Crippen LogP contribution in [0.3, 0.4) is 0 Å². The summed E-state index contributed by atoms with van der Waals surface area (Å²) in [7, 11) is -2.18. The van der Waals surface area contributed by atoms with Gasteiger partial charge < -0.3 is 9.16 Å². The van der Waals surface area contributed by atoms with Crippen molar-refractivity contribution in [3.8, 4) is 0 Å². The molecule has 29 heavy (non-hydrogen) atoms. The lowest BCUT2D eigenvalue weighted by atomic mass is 10.00. The van der Waals surface area contributed by atoms with E-state index in [1.165, 1.54) is 0 Å². The number of carbonyl (C=O) groups is 1. The Hall–Kier alpha value is -1.46. The van der Waals surface area contributed by atoms with Crippen molar-refractivity contribution in [2.45, 2.75) is 70.0 Å². The Labute approximate surface area is 181 Å². The van der Waals surface area contributed by atoms with Gasteiger partial charge in [0.15, 0.2) is 14.1 Å². The molecule has 3 nitrogen and oxygen atoms in total. The van der Waals surface area contributed by atoms with Crippen LogP contribution in [0, 0.1) is 0 Å². The summed E-state index contributed by atoms with van der Waals surface area (Å²) in [5, 5.41) is -0.662. The molecule has 0 bridgehead atoms. The average molecular weight is 433 g/mol. The number of Topliss-reactive ketones (excluding diaryl/α,β-unsaturated/α-hetero) is 1. The van der Waals surface area contributed by atoms with Gasteiger partial charge in [0.25, 0.3) is 0 Å². The molecule has 0 aliphatic rings. The van der Waals surface area contributed by atoms with Gasteiger partial charge in [0, 0.05) is 0 Å². The second kappa shape index (κ2) is 10.0. The van der Waals surface area contributed by atoms with Crippen LogP contribution in [-0.2, 0) is 20.6 Å². The fourth-order valence-electron chi connectivity index (χ4n) is 2.75. The normalized spacial score (nSPS) is 15.6. The zero-order valence-corrected chi connectivity index (χ0v) is 20.1. The maximum atomic E-state index is 13.1. The summed E-state index contributed by atoms with van der Waals surface area (Å²) in [6.07, 6.45) is -1.28. The smallest absolute Gasteiger partial charge is 0.193 e. The average Bonchev–Trinajstić information content (AvgIpc) is 2.67. The van der Waals surface area contributed by atoms with E-state index in [4.69, 9.17) is 20.8 Å². The highest BCUT2D eigenvalue weighted by Crippen LogP contribution is 2.41.